The molecule has 66 valence electrons. The lowest BCUT2D eigenvalue weighted by Crippen LogP contribution is -2.24. The second-order valence-corrected chi connectivity index (χ2v) is 2.52. The monoisotopic (exact) mass is 159 g/mol. The van der Waals surface area contributed by atoms with Crippen LogP contribution in [-0.4, -0.2) is 26.2 Å². The highest BCUT2D eigenvalue weighted by molar-refractivity contribution is 5.75. The molecule has 0 spiro atoms. The molecule has 0 bridgehead atoms. The number of carbonyl (C=O) groups excluding carboxylic acids is 1. The van der Waals surface area contributed by atoms with Gasteiger partial charge in [-0.3, -0.25) is 4.79 Å². The van der Waals surface area contributed by atoms with Crippen molar-refractivity contribution in [2.24, 2.45) is 0 Å². The van der Waals surface area contributed by atoms with Crippen molar-refractivity contribution in [3.63, 3.8) is 0 Å². The first-order chi connectivity index (χ1) is 5.24. The smallest absolute Gasteiger partial charge is 0.222 e. The molecule has 3 nitrogen and oxygen atoms in total. The maximum atomic E-state index is 10.9. The lowest BCUT2D eigenvalue weighted by atomic mass is 10.1. The number of hydrogen-bond donors (Lipinski definition) is 1. The van der Waals surface area contributed by atoms with E-state index in [1.54, 1.807) is 14.2 Å². The Labute approximate surface area is 68.1 Å². The fourth-order valence-corrected chi connectivity index (χ4v) is 0.934. The van der Waals surface area contributed by atoms with E-state index >= 15 is 0 Å². The predicted octanol–water partition coefficient (Wildman–Crippen LogP) is 0.938. The summed E-state index contributed by atoms with van der Waals surface area (Å²) in [6.07, 6.45) is 2.56. The number of rotatable bonds is 5. The lowest BCUT2D eigenvalue weighted by molar-refractivity contribution is -0.123. The molecule has 1 atom stereocenters. The minimum absolute atomic E-state index is 0.0466. The number of hydrogen-bond acceptors (Lipinski definition) is 2. The number of nitrogens with one attached hydrogen (secondary N) is 1. The molecular weight excluding hydrogens is 142 g/mol. The Hall–Kier alpha value is -0.570. The van der Waals surface area contributed by atoms with Crippen molar-refractivity contribution in [3.8, 4) is 0 Å². The summed E-state index contributed by atoms with van der Waals surface area (Å²) < 4.78 is 5.10. The molecule has 11 heavy (non-hydrogen) atoms. The molecule has 1 N–H and O–H groups in total. The topological polar surface area (TPSA) is 38.3 Å². The van der Waals surface area contributed by atoms with Crippen molar-refractivity contribution in [3.05, 3.63) is 0 Å². The normalized spacial score (nSPS) is 12.6. The van der Waals surface area contributed by atoms with Crippen LogP contribution < -0.4 is 5.32 Å². The fraction of sp³-hybridized carbons (Fsp3) is 0.875. The van der Waals surface area contributed by atoms with Gasteiger partial charge in [-0.25, -0.2) is 0 Å². The summed E-state index contributed by atoms with van der Waals surface area (Å²) in [5.41, 5.74) is 0. The Morgan fingerprint density at radius 3 is 2.64 bits per heavy atom. The molecule has 0 unspecified atom stereocenters. The Bertz CT molecular complexity index is 115. The van der Waals surface area contributed by atoms with E-state index in [-0.39, 0.29) is 12.0 Å². The molecule has 0 aliphatic rings. The first kappa shape index (κ1) is 10.4. The van der Waals surface area contributed by atoms with Gasteiger partial charge in [0.05, 0.1) is 12.5 Å². The van der Waals surface area contributed by atoms with Crippen LogP contribution in [0.15, 0.2) is 0 Å². The first-order valence-corrected chi connectivity index (χ1v) is 3.98. The minimum Gasteiger partial charge on any atom is -0.381 e. The molecule has 0 fully saturated rings. The molecule has 0 aliphatic heterocycles. The van der Waals surface area contributed by atoms with Gasteiger partial charge >= 0.3 is 0 Å². The quantitative estimate of drug-likeness (QED) is 0.648. The van der Waals surface area contributed by atoms with Gasteiger partial charge in [0.2, 0.25) is 5.91 Å². The van der Waals surface area contributed by atoms with E-state index in [1.807, 2.05) is 0 Å². The second kappa shape index (κ2) is 6.16. The highest BCUT2D eigenvalue weighted by Gasteiger charge is 2.09. The molecule has 0 radical (unpaired) electrons. The number of ether oxygens (including phenoxy) is 1. The van der Waals surface area contributed by atoms with Crippen LogP contribution in [0, 0.1) is 0 Å². The van der Waals surface area contributed by atoms with Crippen LogP contribution in [0.3, 0.4) is 0 Å². The molecule has 0 saturated carbocycles. The van der Waals surface area contributed by atoms with E-state index in [4.69, 9.17) is 4.74 Å². The van der Waals surface area contributed by atoms with E-state index < -0.39 is 0 Å². The second-order valence-electron chi connectivity index (χ2n) is 2.52. The van der Waals surface area contributed by atoms with Crippen molar-refractivity contribution in [2.75, 3.05) is 14.2 Å². The van der Waals surface area contributed by atoms with Crippen LogP contribution in [0.25, 0.3) is 0 Å². The maximum Gasteiger partial charge on any atom is 0.222 e. The van der Waals surface area contributed by atoms with Crippen LogP contribution in [0.2, 0.25) is 0 Å². The molecule has 1 amide bonds. The molecule has 0 saturated heterocycles. The first-order valence-electron chi connectivity index (χ1n) is 3.98. The van der Waals surface area contributed by atoms with Gasteiger partial charge in [-0.05, 0) is 6.42 Å². The summed E-state index contributed by atoms with van der Waals surface area (Å²) >= 11 is 0. The van der Waals surface area contributed by atoms with Crippen LogP contribution in [0.5, 0.6) is 0 Å². The van der Waals surface area contributed by atoms with Gasteiger partial charge in [-0.1, -0.05) is 13.3 Å². The van der Waals surface area contributed by atoms with Crippen LogP contribution in [0.4, 0.5) is 0 Å². The SMILES string of the molecule is CCC[C@@H](CC(=O)NC)OC. The minimum atomic E-state index is 0.0466. The summed E-state index contributed by atoms with van der Waals surface area (Å²) in [7, 11) is 3.28. The Morgan fingerprint density at radius 1 is 1.64 bits per heavy atom. The highest BCUT2D eigenvalue weighted by atomic mass is 16.5. The average molecular weight is 159 g/mol. The zero-order chi connectivity index (χ0) is 8.69. The average Bonchev–Trinajstić information content (AvgIpc) is 2.03. The summed E-state index contributed by atoms with van der Waals surface area (Å²) in [4.78, 5) is 10.9. The van der Waals surface area contributed by atoms with E-state index in [0.717, 1.165) is 12.8 Å². The van der Waals surface area contributed by atoms with Crippen molar-refractivity contribution in [1.29, 1.82) is 0 Å². The number of carbonyl (C=O) groups is 1. The van der Waals surface area contributed by atoms with Crippen molar-refractivity contribution >= 4 is 5.91 Å². The van der Waals surface area contributed by atoms with Crippen LogP contribution in [0.1, 0.15) is 26.2 Å². The Kier molecular flexibility index (Phi) is 5.84. The lowest BCUT2D eigenvalue weighted by Gasteiger charge is -2.12. The van der Waals surface area contributed by atoms with Gasteiger partial charge in [0, 0.05) is 14.2 Å². The molecule has 0 aromatic carbocycles. The summed E-state index contributed by atoms with van der Waals surface area (Å²) in [5.74, 6) is 0.0466. The van der Waals surface area contributed by atoms with Gasteiger partial charge in [-0.15, -0.1) is 0 Å². The Balaban J connectivity index is 3.58. The summed E-state index contributed by atoms with van der Waals surface area (Å²) in [6, 6.07) is 0. The molecular formula is C8H17NO2. The van der Waals surface area contributed by atoms with E-state index in [1.165, 1.54) is 0 Å². The Morgan fingerprint density at radius 2 is 2.27 bits per heavy atom. The maximum absolute atomic E-state index is 10.9. The molecule has 0 aromatic heterocycles. The zero-order valence-electron chi connectivity index (χ0n) is 7.52. The van der Waals surface area contributed by atoms with Gasteiger partial charge < -0.3 is 10.1 Å². The summed E-state index contributed by atoms with van der Waals surface area (Å²) in [5, 5.41) is 2.57. The standard InChI is InChI=1S/C8H17NO2/c1-4-5-7(11-3)6-8(10)9-2/h7H,4-6H2,1-3H3,(H,9,10)/t7-/m0/s1. The molecule has 0 rings (SSSR count). The predicted molar refractivity (Wildman–Crippen MR) is 44.4 cm³/mol. The van der Waals surface area contributed by atoms with Crippen LogP contribution in [-0.2, 0) is 9.53 Å². The van der Waals surface area contributed by atoms with Crippen molar-refractivity contribution < 1.29 is 9.53 Å². The zero-order valence-corrected chi connectivity index (χ0v) is 7.52. The molecule has 0 aromatic rings. The van der Waals surface area contributed by atoms with E-state index in [0.29, 0.717) is 6.42 Å². The highest BCUT2D eigenvalue weighted by Crippen LogP contribution is 2.04. The third kappa shape index (κ3) is 4.79. The third-order valence-corrected chi connectivity index (χ3v) is 1.64. The van der Waals surface area contributed by atoms with E-state index in [9.17, 15) is 4.79 Å². The number of amides is 1. The molecule has 3 heteroatoms. The largest absolute Gasteiger partial charge is 0.381 e. The van der Waals surface area contributed by atoms with Crippen LogP contribution >= 0.6 is 0 Å². The van der Waals surface area contributed by atoms with Crippen molar-refractivity contribution in [2.45, 2.75) is 32.3 Å². The van der Waals surface area contributed by atoms with Crippen molar-refractivity contribution in [1.82, 2.24) is 5.32 Å². The van der Waals surface area contributed by atoms with Gasteiger partial charge in [-0.2, -0.15) is 0 Å². The third-order valence-electron chi connectivity index (χ3n) is 1.64. The molecule has 0 aliphatic carbocycles. The number of methoxy groups -OCH3 is 1. The van der Waals surface area contributed by atoms with Gasteiger partial charge in [0.1, 0.15) is 0 Å². The fourth-order valence-electron chi connectivity index (χ4n) is 0.934. The van der Waals surface area contributed by atoms with Gasteiger partial charge in [0.15, 0.2) is 0 Å². The van der Waals surface area contributed by atoms with Gasteiger partial charge in [0.25, 0.3) is 0 Å². The van der Waals surface area contributed by atoms with E-state index in [2.05, 4.69) is 12.2 Å². The summed E-state index contributed by atoms with van der Waals surface area (Å²) in [6.45, 7) is 2.08. The molecule has 0 heterocycles.